The Morgan fingerprint density at radius 3 is 2.50 bits per heavy atom. The van der Waals surface area contributed by atoms with Crippen LogP contribution in [-0.2, 0) is 15.7 Å². The Kier molecular flexibility index (Phi) is 5.75. The molecule has 4 nitrogen and oxygen atoms in total. The SMILES string of the molecule is CCOc1cc(CCl)ccc1OCCS(C)(=O)=O. The molecule has 1 aromatic carbocycles. The van der Waals surface area contributed by atoms with Crippen molar-refractivity contribution in [3.8, 4) is 11.5 Å². The second-order valence-corrected chi connectivity index (χ2v) is 6.35. The molecule has 0 atom stereocenters. The lowest BCUT2D eigenvalue weighted by Gasteiger charge is -2.12. The fraction of sp³-hybridized carbons (Fsp3) is 0.500. The smallest absolute Gasteiger partial charge is 0.161 e. The van der Waals surface area contributed by atoms with E-state index in [9.17, 15) is 8.42 Å². The van der Waals surface area contributed by atoms with E-state index in [0.29, 0.717) is 24.0 Å². The molecule has 0 radical (unpaired) electrons. The van der Waals surface area contributed by atoms with Gasteiger partial charge < -0.3 is 9.47 Å². The van der Waals surface area contributed by atoms with Gasteiger partial charge in [-0.2, -0.15) is 0 Å². The summed E-state index contributed by atoms with van der Waals surface area (Å²) in [7, 11) is -3.02. The summed E-state index contributed by atoms with van der Waals surface area (Å²) in [5.41, 5.74) is 0.926. The third kappa shape index (κ3) is 5.14. The van der Waals surface area contributed by atoms with Gasteiger partial charge >= 0.3 is 0 Å². The first kappa shape index (κ1) is 15.1. The van der Waals surface area contributed by atoms with Gasteiger partial charge in [0.2, 0.25) is 0 Å². The summed E-state index contributed by atoms with van der Waals surface area (Å²) in [6.07, 6.45) is 1.18. The van der Waals surface area contributed by atoms with Crippen LogP contribution in [0.4, 0.5) is 0 Å². The topological polar surface area (TPSA) is 52.6 Å². The summed E-state index contributed by atoms with van der Waals surface area (Å²) < 4.78 is 32.9. The molecular formula is C12H17ClO4S. The van der Waals surface area contributed by atoms with E-state index in [1.54, 1.807) is 12.1 Å². The molecule has 0 saturated carbocycles. The fourth-order valence-electron chi connectivity index (χ4n) is 1.33. The molecule has 0 amide bonds. The van der Waals surface area contributed by atoms with Gasteiger partial charge in [0.15, 0.2) is 21.3 Å². The molecule has 6 heteroatoms. The van der Waals surface area contributed by atoms with Crippen LogP contribution in [0.3, 0.4) is 0 Å². The number of hydrogen-bond donors (Lipinski definition) is 0. The highest BCUT2D eigenvalue weighted by Gasteiger charge is 2.08. The van der Waals surface area contributed by atoms with Crippen LogP contribution >= 0.6 is 11.6 Å². The Balaban J connectivity index is 2.74. The molecule has 0 spiro atoms. The predicted molar refractivity (Wildman–Crippen MR) is 72.4 cm³/mol. The van der Waals surface area contributed by atoms with Gasteiger partial charge in [0, 0.05) is 12.1 Å². The predicted octanol–water partition coefficient (Wildman–Crippen LogP) is 2.25. The molecule has 1 rings (SSSR count). The van der Waals surface area contributed by atoms with Crippen molar-refractivity contribution < 1.29 is 17.9 Å². The summed E-state index contributed by atoms with van der Waals surface area (Å²) in [4.78, 5) is 0. The van der Waals surface area contributed by atoms with E-state index in [1.807, 2.05) is 13.0 Å². The highest BCUT2D eigenvalue weighted by Crippen LogP contribution is 2.29. The number of rotatable bonds is 7. The number of ether oxygens (including phenoxy) is 2. The molecule has 18 heavy (non-hydrogen) atoms. The summed E-state index contributed by atoms with van der Waals surface area (Å²) in [6.45, 7) is 2.49. The quantitative estimate of drug-likeness (QED) is 0.723. The third-order valence-electron chi connectivity index (χ3n) is 2.17. The van der Waals surface area contributed by atoms with Crippen LogP contribution in [-0.4, -0.2) is 33.6 Å². The maximum atomic E-state index is 11.0. The summed E-state index contributed by atoms with van der Waals surface area (Å²) >= 11 is 5.74. The number of halogens is 1. The summed E-state index contributed by atoms with van der Waals surface area (Å²) in [5, 5.41) is 0. The van der Waals surface area contributed by atoms with Crippen molar-refractivity contribution in [1.82, 2.24) is 0 Å². The van der Waals surface area contributed by atoms with Gasteiger partial charge in [0.25, 0.3) is 0 Å². The lowest BCUT2D eigenvalue weighted by molar-refractivity contribution is 0.288. The Hall–Kier alpha value is -0.940. The lowest BCUT2D eigenvalue weighted by atomic mass is 10.2. The zero-order valence-electron chi connectivity index (χ0n) is 10.5. The van der Waals surface area contributed by atoms with Crippen LogP contribution in [0.15, 0.2) is 18.2 Å². The van der Waals surface area contributed by atoms with Crippen molar-refractivity contribution in [2.24, 2.45) is 0 Å². The van der Waals surface area contributed by atoms with Crippen molar-refractivity contribution in [1.29, 1.82) is 0 Å². The molecule has 0 bridgehead atoms. The Labute approximate surface area is 113 Å². The van der Waals surface area contributed by atoms with Gasteiger partial charge in [-0.25, -0.2) is 8.42 Å². The molecule has 1 aromatic rings. The van der Waals surface area contributed by atoms with Crippen molar-refractivity contribution in [2.75, 3.05) is 25.2 Å². The van der Waals surface area contributed by atoms with Gasteiger partial charge in [-0.1, -0.05) is 6.07 Å². The molecule has 0 aliphatic heterocycles. The summed E-state index contributed by atoms with van der Waals surface area (Å²) in [5.74, 6) is 1.50. The number of benzene rings is 1. The van der Waals surface area contributed by atoms with Crippen molar-refractivity contribution >= 4 is 21.4 Å². The molecule has 0 saturated heterocycles. The van der Waals surface area contributed by atoms with Gasteiger partial charge in [-0.3, -0.25) is 0 Å². The Morgan fingerprint density at radius 2 is 1.94 bits per heavy atom. The van der Waals surface area contributed by atoms with E-state index in [-0.39, 0.29) is 12.4 Å². The Bertz CT molecular complexity index is 485. The molecule has 0 aromatic heterocycles. The van der Waals surface area contributed by atoms with Crippen LogP contribution in [0.5, 0.6) is 11.5 Å². The fourth-order valence-corrected chi connectivity index (χ4v) is 1.88. The van der Waals surface area contributed by atoms with E-state index in [1.165, 1.54) is 6.26 Å². The number of alkyl halides is 1. The van der Waals surface area contributed by atoms with Gasteiger partial charge in [-0.15, -0.1) is 11.6 Å². The van der Waals surface area contributed by atoms with Crippen molar-refractivity contribution in [2.45, 2.75) is 12.8 Å². The van der Waals surface area contributed by atoms with Crippen LogP contribution in [0.25, 0.3) is 0 Å². The molecule has 0 heterocycles. The second kappa shape index (κ2) is 6.85. The average Bonchev–Trinajstić information content (AvgIpc) is 2.29. The van der Waals surface area contributed by atoms with E-state index in [4.69, 9.17) is 21.1 Å². The second-order valence-electron chi connectivity index (χ2n) is 3.83. The van der Waals surface area contributed by atoms with E-state index in [0.717, 1.165) is 5.56 Å². The van der Waals surface area contributed by atoms with Gasteiger partial charge in [-0.05, 0) is 24.6 Å². The van der Waals surface area contributed by atoms with Gasteiger partial charge in [0.05, 0.1) is 12.4 Å². The van der Waals surface area contributed by atoms with Crippen molar-refractivity contribution in [3.63, 3.8) is 0 Å². The normalized spacial score (nSPS) is 11.3. The maximum absolute atomic E-state index is 11.0. The molecule has 0 unspecified atom stereocenters. The van der Waals surface area contributed by atoms with Crippen LogP contribution in [0.2, 0.25) is 0 Å². The van der Waals surface area contributed by atoms with Crippen molar-refractivity contribution in [3.05, 3.63) is 23.8 Å². The number of sulfone groups is 1. The van der Waals surface area contributed by atoms with Crippen LogP contribution < -0.4 is 9.47 Å². The Morgan fingerprint density at radius 1 is 1.22 bits per heavy atom. The highest BCUT2D eigenvalue weighted by atomic mass is 35.5. The largest absolute Gasteiger partial charge is 0.490 e. The molecule has 102 valence electrons. The summed E-state index contributed by atoms with van der Waals surface area (Å²) in [6, 6.07) is 5.36. The molecule has 0 aliphatic rings. The van der Waals surface area contributed by atoms with Crippen LogP contribution in [0, 0.1) is 0 Å². The minimum atomic E-state index is -3.02. The molecule has 0 aliphatic carbocycles. The minimum Gasteiger partial charge on any atom is -0.490 e. The maximum Gasteiger partial charge on any atom is 0.161 e. The minimum absolute atomic E-state index is 0.0180. The zero-order valence-corrected chi connectivity index (χ0v) is 12.1. The molecule has 0 N–H and O–H groups in total. The van der Waals surface area contributed by atoms with E-state index in [2.05, 4.69) is 0 Å². The van der Waals surface area contributed by atoms with Crippen LogP contribution in [0.1, 0.15) is 12.5 Å². The first-order valence-corrected chi connectivity index (χ1v) is 8.18. The van der Waals surface area contributed by atoms with Gasteiger partial charge in [0.1, 0.15) is 6.61 Å². The average molecular weight is 293 g/mol. The zero-order chi connectivity index (χ0) is 13.6. The standard InChI is InChI=1S/C12H17ClO4S/c1-3-16-12-8-10(9-13)4-5-11(12)17-6-7-18(2,14)15/h4-5,8H,3,6-7,9H2,1-2H3. The first-order chi connectivity index (χ1) is 8.46. The lowest BCUT2D eigenvalue weighted by Crippen LogP contribution is -2.12. The van der Waals surface area contributed by atoms with E-state index < -0.39 is 9.84 Å². The monoisotopic (exact) mass is 292 g/mol. The van der Waals surface area contributed by atoms with E-state index >= 15 is 0 Å². The molecule has 0 fully saturated rings. The first-order valence-electron chi connectivity index (χ1n) is 5.58. The molecular weight excluding hydrogens is 276 g/mol. The third-order valence-corrected chi connectivity index (χ3v) is 3.39. The number of hydrogen-bond acceptors (Lipinski definition) is 4. The highest BCUT2D eigenvalue weighted by molar-refractivity contribution is 7.90.